The Morgan fingerprint density at radius 3 is 2.29 bits per heavy atom. The van der Waals surface area contributed by atoms with Gasteiger partial charge in [0, 0.05) is 0 Å². The van der Waals surface area contributed by atoms with Crippen molar-refractivity contribution in [3.8, 4) is 0 Å². The van der Waals surface area contributed by atoms with Gasteiger partial charge in [-0.2, -0.15) is 0 Å². The van der Waals surface area contributed by atoms with E-state index in [1.165, 1.54) is 24.8 Å². The third kappa shape index (κ3) is 5.97. The maximum absolute atomic E-state index is 10.3. The van der Waals surface area contributed by atoms with Crippen LogP contribution in [0, 0.1) is 40.4 Å². The van der Waals surface area contributed by atoms with E-state index in [2.05, 4.69) is 48.1 Å². The molecule has 184 valence electrons. The Bertz CT molecular complexity index is 543. The quantitative estimate of drug-likeness (QED) is 0.439. The number of hydrogen-bond donors (Lipinski definition) is 1. The lowest BCUT2D eigenvalue weighted by atomic mass is 9.53. The molecule has 1 saturated heterocycles. The lowest BCUT2D eigenvalue weighted by molar-refractivity contribution is -0.0364. The molecule has 2 aliphatic carbocycles. The molecule has 0 aromatic rings. The molecule has 9 atom stereocenters. The Morgan fingerprint density at radius 1 is 1.10 bits per heavy atom. The van der Waals surface area contributed by atoms with Crippen LogP contribution in [0.25, 0.3) is 0 Å². The van der Waals surface area contributed by atoms with Crippen molar-refractivity contribution < 1.29 is 9.84 Å². The molecule has 31 heavy (non-hydrogen) atoms. The average Bonchev–Trinajstić information content (AvgIpc) is 3.11. The minimum Gasteiger partial charge on any atom is -0.393 e. The fourth-order valence-electron chi connectivity index (χ4n) is 6.85. The molecule has 0 spiro atoms. The topological polar surface area (TPSA) is 29.5 Å². The van der Waals surface area contributed by atoms with Crippen LogP contribution in [0.3, 0.4) is 0 Å². The molecule has 3 fully saturated rings. The molecule has 1 N–H and O–H groups in total. The second kappa shape index (κ2) is 12.2. The van der Waals surface area contributed by atoms with Crippen LogP contribution in [-0.2, 0) is 4.74 Å². The fraction of sp³-hybridized carbons (Fsp3) is 0.931. The van der Waals surface area contributed by atoms with Crippen molar-refractivity contribution in [1.82, 2.24) is 0 Å². The molecule has 0 aromatic heterocycles. The van der Waals surface area contributed by atoms with Crippen LogP contribution in [0.5, 0.6) is 0 Å². The molecule has 0 aromatic carbocycles. The minimum atomic E-state index is -0.119. The highest BCUT2D eigenvalue weighted by molar-refractivity contribution is 5.08. The maximum atomic E-state index is 10.3. The number of hydrogen-bond acceptors (Lipinski definition) is 2. The maximum Gasteiger partial charge on any atom is 0.0613 e. The zero-order valence-electron chi connectivity index (χ0n) is 22.8. The first-order valence-corrected chi connectivity index (χ1v) is 13.6. The number of aliphatic hydroxyl groups is 1. The van der Waals surface area contributed by atoms with Gasteiger partial charge < -0.3 is 9.84 Å². The molecule has 1 heterocycles. The highest BCUT2D eigenvalue weighted by atomic mass is 16.5. The number of ether oxygens (including phenoxy) is 1. The van der Waals surface area contributed by atoms with Crippen LogP contribution in [0.1, 0.15) is 114 Å². The molecule has 2 nitrogen and oxygen atoms in total. The SMILES string of the molecule is C=C(CC)C(C)C1(C)CCC(C)C(CC2OCC3(C)CCC(O)CC23)C1C.CC.CC. The van der Waals surface area contributed by atoms with Crippen molar-refractivity contribution in [3.63, 3.8) is 0 Å². The largest absolute Gasteiger partial charge is 0.393 e. The van der Waals surface area contributed by atoms with Crippen LogP contribution < -0.4 is 0 Å². The Kier molecular flexibility index (Phi) is 11.3. The Balaban J connectivity index is 0.00000113. The van der Waals surface area contributed by atoms with Gasteiger partial charge in [0.2, 0.25) is 0 Å². The highest BCUT2D eigenvalue weighted by Crippen LogP contribution is 2.56. The third-order valence-corrected chi connectivity index (χ3v) is 9.66. The second-order valence-corrected chi connectivity index (χ2v) is 11.0. The highest BCUT2D eigenvalue weighted by Gasteiger charge is 2.52. The van der Waals surface area contributed by atoms with Gasteiger partial charge in [-0.1, -0.05) is 81.4 Å². The molecular weight excluding hydrogens is 380 g/mol. The van der Waals surface area contributed by atoms with Crippen LogP contribution in [-0.4, -0.2) is 23.9 Å². The van der Waals surface area contributed by atoms with Crippen LogP contribution in [0.2, 0.25) is 0 Å². The van der Waals surface area contributed by atoms with E-state index in [1.54, 1.807) is 0 Å². The van der Waals surface area contributed by atoms with Crippen molar-refractivity contribution in [2.45, 2.75) is 126 Å². The normalized spacial score (nSPS) is 42.9. The molecule has 0 bridgehead atoms. The lowest BCUT2D eigenvalue weighted by Gasteiger charge is -2.52. The molecule has 3 rings (SSSR count). The van der Waals surface area contributed by atoms with E-state index in [0.717, 1.165) is 38.2 Å². The van der Waals surface area contributed by atoms with Crippen molar-refractivity contribution >= 4 is 0 Å². The van der Waals surface area contributed by atoms with Gasteiger partial charge in [0.05, 0.1) is 18.8 Å². The van der Waals surface area contributed by atoms with Gasteiger partial charge in [0.1, 0.15) is 0 Å². The van der Waals surface area contributed by atoms with Gasteiger partial charge in [0.25, 0.3) is 0 Å². The monoisotopic (exact) mass is 436 g/mol. The Labute approximate surface area is 195 Å². The molecule has 9 unspecified atom stereocenters. The van der Waals surface area contributed by atoms with Gasteiger partial charge in [-0.3, -0.25) is 0 Å². The minimum absolute atomic E-state index is 0.119. The first-order chi connectivity index (χ1) is 14.6. The number of rotatable bonds is 5. The van der Waals surface area contributed by atoms with Gasteiger partial charge in [0.15, 0.2) is 0 Å². The van der Waals surface area contributed by atoms with Gasteiger partial charge in [-0.05, 0) is 85.4 Å². The van der Waals surface area contributed by atoms with E-state index in [9.17, 15) is 5.11 Å². The molecule has 0 radical (unpaired) electrons. The molecule has 2 saturated carbocycles. The summed E-state index contributed by atoms with van der Waals surface area (Å²) in [7, 11) is 0. The zero-order valence-corrected chi connectivity index (χ0v) is 22.8. The van der Waals surface area contributed by atoms with Gasteiger partial charge >= 0.3 is 0 Å². The molecule has 0 amide bonds. The van der Waals surface area contributed by atoms with Crippen LogP contribution >= 0.6 is 0 Å². The third-order valence-electron chi connectivity index (χ3n) is 9.66. The number of fused-ring (bicyclic) bond motifs is 1. The number of aliphatic hydroxyl groups excluding tert-OH is 1. The summed E-state index contributed by atoms with van der Waals surface area (Å²) in [5.41, 5.74) is 2.05. The standard InChI is InChI=1S/C25H44O2.2C2H6/c1-8-16(2)18(4)25(7)12-9-17(3)21(19(25)5)14-23-22-13-20(26)10-11-24(22,6)15-27-23;2*1-2/h17-23,26H,2,8-15H2,1,3-7H3;2*1-2H3. The van der Waals surface area contributed by atoms with E-state index in [-0.39, 0.29) is 11.5 Å². The molecule has 3 aliphatic rings. The first-order valence-electron chi connectivity index (χ1n) is 13.6. The lowest BCUT2D eigenvalue weighted by Crippen LogP contribution is -2.46. The Hall–Kier alpha value is -0.340. The van der Waals surface area contributed by atoms with Gasteiger partial charge in [-0.25, -0.2) is 0 Å². The molecule has 1 aliphatic heterocycles. The second-order valence-electron chi connectivity index (χ2n) is 11.0. The van der Waals surface area contributed by atoms with E-state index in [4.69, 9.17) is 4.74 Å². The first kappa shape index (κ1) is 28.7. The van der Waals surface area contributed by atoms with E-state index < -0.39 is 0 Å². The molecule has 2 heteroatoms. The van der Waals surface area contributed by atoms with E-state index in [1.807, 2.05) is 27.7 Å². The van der Waals surface area contributed by atoms with E-state index >= 15 is 0 Å². The van der Waals surface area contributed by atoms with Crippen molar-refractivity contribution in [1.29, 1.82) is 0 Å². The van der Waals surface area contributed by atoms with Crippen molar-refractivity contribution in [3.05, 3.63) is 12.2 Å². The van der Waals surface area contributed by atoms with Crippen molar-refractivity contribution in [2.75, 3.05) is 6.61 Å². The van der Waals surface area contributed by atoms with E-state index in [0.29, 0.717) is 35.2 Å². The summed E-state index contributed by atoms with van der Waals surface area (Å²) in [4.78, 5) is 0. The fourth-order valence-corrected chi connectivity index (χ4v) is 6.85. The summed E-state index contributed by atoms with van der Waals surface area (Å²) in [5, 5.41) is 10.3. The van der Waals surface area contributed by atoms with Crippen LogP contribution in [0.15, 0.2) is 12.2 Å². The predicted molar refractivity (Wildman–Crippen MR) is 136 cm³/mol. The van der Waals surface area contributed by atoms with Crippen LogP contribution in [0.4, 0.5) is 0 Å². The molecular formula is C29H56O2. The number of allylic oxidation sites excluding steroid dienone is 1. The zero-order chi connectivity index (χ0) is 24.0. The smallest absolute Gasteiger partial charge is 0.0613 e. The van der Waals surface area contributed by atoms with Gasteiger partial charge in [-0.15, -0.1) is 0 Å². The summed E-state index contributed by atoms with van der Waals surface area (Å²) < 4.78 is 6.42. The van der Waals surface area contributed by atoms with Crippen molar-refractivity contribution in [2.24, 2.45) is 40.4 Å². The summed E-state index contributed by atoms with van der Waals surface area (Å²) in [5.74, 6) is 3.28. The average molecular weight is 437 g/mol. The summed E-state index contributed by atoms with van der Waals surface area (Å²) >= 11 is 0. The summed E-state index contributed by atoms with van der Waals surface area (Å²) in [6.07, 6.45) is 8.14. The summed E-state index contributed by atoms with van der Waals surface area (Å²) in [6, 6.07) is 0. The Morgan fingerprint density at radius 2 is 1.71 bits per heavy atom. The predicted octanol–water partition coefficient (Wildman–Crippen LogP) is 8.29. The summed E-state index contributed by atoms with van der Waals surface area (Å²) in [6.45, 7) is 27.8.